The first-order valence-corrected chi connectivity index (χ1v) is 7.24. The summed E-state index contributed by atoms with van der Waals surface area (Å²) < 4.78 is 1.68. The summed E-state index contributed by atoms with van der Waals surface area (Å²) in [6, 6.07) is 1.73. The molecule has 0 bridgehead atoms. The number of carboxylic acids is 1. The van der Waals surface area contributed by atoms with Gasteiger partial charge < -0.3 is 0 Å². The second-order valence-corrected chi connectivity index (χ2v) is 4.33. The van der Waals surface area contributed by atoms with Crippen molar-refractivity contribution < 1.29 is 29.3 Å². The standard InChI is InChI=1S/C11H15N5O2.W/c1-4-16(6-10(17)18)9-5-8(2)14-11(15-9)13-7-12-3;/h3,5,7H,4,6H2,1-2H3,(H2,13,14,15,17,18);/p-1. The third-order valence-electron chi connectivity index (χ3n) is 2.16. The molecule has 1 rings (SSSR count). The molecule has 0 atom stereocenters. The van der Waals surface area contributed by atoms with Gasteiger partial charge in [-0.25, -0.2) is 0 Å². The maximum atomic E-state index is 10.8. The van der Waals surface area contributed by atoms with E-state index < -0.39 is 5.97 Å². The van der Waals surface area contributed by atoms with Crippen LogP contribution in [0.4, 0.5) is 11.8 Å². The van der Waals surface area contributed by atoms with Crippen LogP contribution < -0.4 is 4.90 Å². The molecule has 1 aromatic rings. The molecular weight excluding hydrogens is 418 g/mol. The van der Waals surface area contributed by atoms with E-state index in [-0.39, 0.29) is 12.5 Å². The molecule has 1 aromatic heterocycles. The predicted molar refractivity (Wildman–Crippen MR) is 69.9 cm³/mol. The summed E-state index contributed by atoms with van der Waals surface area (Å²) in [5.74, 6) is -0.0724. The van der Waals surface area contributed by atoms with Crippen LogP contribution in [0.1, 0.15) is 12.6 Å². The van der Waals surface area contributed by atoms with Gasteiger partial charge in [-0.1, -0.05) is 0 Å². The molecule has 1 N–H and O–H groups in total. The molecular formula is C11H14N5O2W-. The fourth-order valence-corrected chi connectivity index (χ4v) is 1.58. The Morgan fingerprint density at radius 1 is 1.63 bits per heavy atom. The van der Waals surface area contributed by atoms with Crippen LogP contribution in [-0.4, -0.2) is 45.0 Å². The van der Waals surface area contributed by atoms with E-state index in [1.165, 1.54) is 25.7 Å². The summed E-state index contributed by atoms with van der Waals surface area (Å²) in [5.41, 5.74) is 0.729. The number of rotatable bonds is 7. The topological polar surface area (TPSA) is 92.8 Å². The first kappa shape index (κ1) is 15.4. The van der Waals surface area contributed by atoms with Gasteiger partial charge >= 0.3 is 122 Å². The number of likely N-dealkylation sites (N-methyl/N-ethyl adjacent to an activating group) is 1. The molecule has 0 radical (unpaired) electrons. The van der Waals surface area contributed by atoms with Gasteiger partial charge in [-0.2, -0.15) is 0 Å². The Hall–Kier alpha value is -1.62. The summed E-state index contributed by atoms with van der Waals surface area (Å²) in [7, 11) is 0. The molecule has 0 saturated carbocycles. The Labute approximate surface area is 122 Å². The van der Waals surface area contributed by atoms with Crippen molar-refractivity contribution in [2.75, 3.05) is 18.0 Å². The average molecular weight is 432 g/mol. The average Bonchev–Trinajstić information content (AvgIpc) is 2.35. The van der Waals surface area contributed by atoms with Crippen LogP contribution in [0.5, 0.6) is 0 Å². The van der Waals surface area contributed by atoms with Crippen molar-refractivity contribution in [3.8, 4) is 0 Å². The number of aromatic nitrogens is 2. The molecule has 0 spiro atoms. The Kier molecular flexibility index (Phi) is 6.28. The Morgan fingerprint density at radius 3 is 2.95 bits per heavy atom. The number of nitrogens with zero attached hydrogens (tertiary/aromatic N) is 5. The van der Waals surface area contributed by atoms with Crippen LogP contribution in [0.3, 0.4) is 0 Å². The van der Waals surface area contributed by atoms with E-state index in [0.717, 1.165) is 5.69 Å². The van der Waals surface area contributed by atoms with E-state index in [1.807, 2.05) is 13.8 Å². The molecule has 8 heteroatoms. The van der Waals surface area contributed by atoms with Crippen molar-refractivity contribution in [2.24, 2.45) is 4.99 Å². The Bertz CT molecular complexity index is 492. The number of aryl methyl sites for hydroxylation is 1. The summed E-state index contributed by atoms with van der Waals surface area (Å²) in [4.78, 5) is 24.7. The summed E-state index contributed by atoms with van der Waals surface area (Å²) in [6.45, 7) is 4.12. The zero-order valence-electron chi connectivity index (χ0n) is 10.6. The minimum atomic E-state index is -0.901. The molecule has 0 fully saturated rings. The summed E-state index contributed by atoms with van der Waals surface area (Å²) in [5, 5.41) is 12.9. The second-order valence-electron chi connectivity index (χ2n) is 3.57. The van der Waals surface area contributed by atoms with E-state index in [0.29, 0.717) is 12.4 Å². The molecule has 0 saturated heterocycles. The van der Waals surface area contributed by atoms with Crippen LogP contribution >= 0.6 is 0 Å². The normalized spacial score (nSPS) is 10.4. The van der Waals surface area contributed by atoms with Gasteiger partial charge in [-0.3, -0.25) is 0 Å². The monoisotopic (exact) mass is 432 g/mol. The molecule has 0 unspecified atom stereocenters. The minimum absolute atomic E-state index is 0.105. The van der Waals surface area contributed by atoms with Crippen LogP contribution in [-0.2, 0) is 24.1 Å². The fraction of sp³-hybridized carbons (Fsp3) is 0.364. The van der Waals surface area contributed by atoms with Crippen molar-refractivity contribution in [2.45, 2.75) is 13.8 Å². The molecule has 102 valence electrons. The third-order valence-corrected chi connectivity index (χ3v) is 2.60. The fourth-order valence-electron chi connectivity index (χ4n) is 1.39. The first-order chi connectivity index (χ1) is 9.06. The van der Waals surface area contributed by atoms with Crippen LogP contribution in [0.25, 0.3) is 5.32 Å². The molecule has 19 heavy (non-hydrogen) atoms. The van der Waals surface area contributed by atoms with Gasteiger partial charge in [0.1, 0.15) is 0 Å². The van der Waals surface area contributed by atoms with Crippen LogP contribution in [0, 0.1) is 6.92 Å². The van der Waals surface area contributed by atoms with Crippen LogP contribution in [0.15, 0.2) is 11.1 Å². The number of hydrogen-bond acceptors (Lipinski definition) is 5. The predicted octanol–water partition coefficient (Wildman–Crippen LogP) is 1.04. The zero-order chi connectivity index (χ0) is 14.3. The Balaban J connectivity index is 2.96. The molecule has 7 nitrogen and oxygen atoms in total. The van der Waals surface area contributed by atoms with Crippen molar-refractivity contribution in [3.63, 3.8) is 0 Å². The van der Waals surface area contributed by atoms with E-state index in [4.69, 9.17) is 5.11 Å². The molecule has 0 amide bonds. The van der Waals surface area contributed by atoms with E-state index in [2.05, 4.69) is 20.3 Å². The SMILES string of the molecule is CCN(CC(=O)O)c1cc(C)nc([N-]C=N[CH]=[W])n1. The van der Waals surface area contributed by atoms with Crippen molar-refractivity contribution in [1.82, 2.24) is 9.97 Å². The van der Waals surface area contributed by atoms with Gasteiger partial charge in [-0.15, -0.1) is 0 Å². The number of carboxylic acid groups (broad SMARTS) is 1. The number of aliphatic imine (C=N–C) groups is 1. The number of aliphatic carboxylic acids is 1. The number of hydrogen-bond donors (Lipinski definition) is 1. The van der Waals surface area contributed by atoms with Crippen LogP contribution in [0.2, 0.25) is 0 Å². The summed E-state index contributed by atoms with van der Waals surface area (Å²) in [6.07, 6.45) is 1.37. The second kappa shape index (κ2) is 7.73. The molecule has 1 heterocycles. The molecule has 0 aliphatic carbocycles. The van der Waals surface area contributed by atoms with Crippen molar-refractivity contribution in [1.29, 1.82) is 0 Å². The first-order valence-electron chi connectivity index (χ1n) is 5.55. The molecule has 0 aliphatic rings. The number of carbonyl (C=O) groups is 1. The quantitative estimate of drug-likeness (QED) is 0.514. The molecule has 0 aromatic carbocycles. The van der Waals surface area contributed by atoms with E-state index in [1.54, 1.807) is 15.5 Å². The van der Waals surface area contributed by atoms with E-state index >= 15 is 0 Å². The van der Waals surface area contributed by atoms with Gasteiger partial charge in [0.2, 0.25) is 0 Å². The van der Waals surface area contributed by atoms with Gasteiger partial charge in [0, 0.05) is 0 Å². The van der Waals surface area contributed by atoms with Gasteiger partial charge in [-0.05, 0) is 0 Å². The summed E-state index contributed by atoms with van der Waals surface area (Å²) >= 11 is 1.23. The Morgan fingerprint density at radius 2 is 2.37 bits per heavy atom. The zero-order valence-corrected chi connectivity index (χ0v) is 13.6. The van der Waals surface area contributed by atoms with Gasteiger partial charge in [0.25, 0.3) is 0 Å². The van der Waals surface area contributed by atoms with E-state index in [9.17, 15) is 4.79 Å². The van der Waals surface area contributed by atoms with Crippen molar-refractivity contribution >= 4 is 28.6 Å². The van der Waals surface area contributed by atoms with Crippen molar-refractivity contribution in [3.05, 3.63) is 17.1 Å². The molecule has 0 aliphatic heterocycles. The third kappa shape index (κ3) is 5.26. The van der Waals surface area contributed by atoms with Gasteiger partial charge in [0.05, 0.1) is 0 Å². The maximum absolute atomic E-state index is 10.8. The van der Waals surface area contributed by atoms with Gasteiger partial charge in [0.15, 0.2) is 0 Å². The number of anilines is 1.